The van der Waals surface area contributed by atoms with E-state index in [0.717, 1.165) is 0 Å². The maximum atomic E-state index is 8.13. The quantitative estimate of drug-likeness (QED) is 0.590. The molecule has 0 aliphatic heterocycles. The van der Waals surface area contributed by atoms with Crippen LogP contribution in [0.2, 0.25) is 0 Å². The molecule has 0 aliphatic rings. The summed E-state index contributed by atoms with van der Waals surface area (Å²) in [5.74, 6) is 0.629. The zero-order valence-electron chi connectivity index (χ0n) is 5.61. The molecule has 0 spiro atoms. The molecule has 0 unspecified atom stereocenters. The number of nitrogens with zero attached hydrogens (tertiary/aromatic N) is 3. The zero-order chi connectivity index (χ0) is 7.40. The topological polar surface area (TPSA) is 50.8 Å². The van der Waals surface area contributed by atoms with E-state index in [9.17, 15) is 0 Å². The molecule has 0 amide bonds. The number of aromatic nitrogens is 2. The van der Waals surface area contributed by atoms with E-state index in [1.165, 1.54) is 0 Å². The first-order valence-electron chi connectivity index (χ1n) is 2.81. The van der Waals surface area contributed by atoms with Gasteiger partial charge >= 0.3 is 0 Å². The van der Waals surface area contributed by atoms with E-state index in [1.807, 2.05) is 6.07 Å². The second kappa shape index (κ2) is 2.87. The summed E-state index contributed by atoms with van der Waals surface area (Å²) >= 11 is 0. The van der Waals surface area contributed by atoms with E-state index in [-0.39, 0.29) is 6.61 Å². The largest absolute Gasteiger partial charge is 0.475 e. The predicted molar refractivity (Wildman–Crippen MR) is 34.3 cm³/mol. The first kappa shape index (κ1) is 6.62. The van der Waals surface area contributed by atoms with Gasteiger partial charge in [-0.05, 0) is 0 Å². The summed E-state index contributed by atoms with van der Waals surface area (Å²) in [6.07, 6.45) is 3.27. The van der Waals surface area contributed by atoms with Crippen LogP contribution in [-0.4, -0.2) is 16.4 Å². The molecular formula is C6H7N3O. The van der Waals surface area contributed by atoms with Crippen LogP contribution in [0.15, 0.2) is 12.4 Å². The molecule has 52 valence electrons. The van der Waals surface area contributed by atoms with Crippen LogP contribution in [0.1, 0.15) is 0 Å². The minimum Gasteiger partial charge on any atom is -0.475 e. The molecule has 0 fully saturated rings. The molecule has 0 aliphatic carbocycles. The lowest BCUT2D eigenvalue weighted by molar-refractivity contribution is 0.368. The third-order valence-electron chi connectivity index (χ3n) is 0.985. The molecule has 1 aromatic rings. The highest BCUT2D eigenvalue weighted by molar-refractivity contribution is 5.11. The smallest absolute Gasteiger partial charge is 0.174 e. The highest BCUT2D eigenvalue weighted by atomic mass is 16.5. The van der Waals surface area contributed by atoms with Gasteiger partial charge in [-0.2, -0.15) is 10.4 Å². The van der Waals surface area contributed by atoms with Gasteiger partial charge < -0.3 is 4.74 Å². The lowest BCUT2D eigenvalue weighted by Gasteiger charge is -1.91. The van der Waals surface area contributed by atoms with E-state index in [1.54, 1.807) is 24.1 Å². The van der Waals surface area contributed by atoms with Crippen molar-refractivity contribution in [2.75, 3.05) is 6.61 Å². The van der Waals surface area contributed by atoms with E-state index in [2.05, 4.69) is 5.10 Å². The molecule has 0 atom stereocenters. The van der Waals surface area contributed by atoms with E-state index in [4.69, 9.17) is 10.00 Å². The van der Waals surface area contributed by atoms with Crippen LogP contribution in [0.5, 0.6) is 5.75 Å². The number of rotatable bonds is 2. The fourth-order valence-corrected chi connectivity index (χ4v) is 0.589. The van der Waals surface area contributed by atoms with Crippen molar-refractivity contribution < 1.29 is 4.74 Å². The van der Waals surface area contributed by atoms with Gasteiger partial charge in [0, 0.05) is 7.05 Å². The van der Waals surface area contributed by atoms with Crippen LogP contribution in [-0.2, 0) is 7.05 Å². The summed E-state index contributed by atoms with van der Waals surface area (Å²) < 4.78 is 6.55. The van der Waals surface area contributed by atoms with Crippen molar-refractivity contribution in [3.63, 3.8) is 0 Å². The Hall–Kier alpha value is -1.50. The summed E-state index contributed by atoms with van der Waals surface area (Å²) in [6.45, 7) is 0.0751. The Balaban J connectivity index is 2.52. The standard InChI is InChI=1S/C6H7N3O/c1-9-5-6(4-8-9)10-3-2-7/h4-5H,3H2,1H3. The van der Waals surface area contributed by atoms with Gasteiger partial charge in [-0.1, -0.05) is 0 Å². The van der Waals surface area contributed by atoms with Crippen molar-refractivity contribution in [2.45, 2.75) is 0 Å². The van der Waals surface area contributed by atoms with Gasteiger partial charge in [0.05, 0.1) is 12.4 Å². The normalized spacial score (nSPS) is 8.80. The third kappa shape index (κ3) is 1.49. The maximum Gasteiger partial charge on any atom is 0.174 e. The number of nitriles is 1. The van der Waals surface area contributed by atoms with Crippen molar-refractivity contribution in [3.05, 3.63) is 12.4 Å². The summed E-state index contributed by atoms with van der Waals surface area (Å²) in [6, 6.07) is 1.87. The van der Waals surface area contributed by atoms with E-state index < -0.39 is 0 Å². The fraction of sp³-hybridized carbons (Fsp3) is 0.333. The Kier molecular flexibility index (Phi) is 1.90. The van der Waals surface area contributed by atoms with Crippen LogP contribution in [0.4, 0.5) is 0 Å². The fourth-order valence-electron chi connectivity index (χ4n) is 0.589. The Bertz CT molecular complexity index is 248. The second-order valence-corrected chi connectivity index (χ2v) is 1.80. The lowest BCUT2D eigenvalue weighted by Crippen LogP contribution is -1.91. The third-order valence-corrected chi connectivity index (χ3v) is 0.985. The van der Waals surface area contributed by atoms with Gasteiger partial charge in [0.1, 0.15) is 6.07 Å². The minimum atomic E-state index is 0.0751. The van der Waals surface area contributed by atoms with Gasteiger partial charge in [0.25, 0.3) is 0 Å². The molecule has 4 heteroatoms. The van der Waals surface area contributed by atoms with Crippen molar-refractivity contribution in [1.29, 1.82) is 5.26 Å². The van der Waals surface area contributed by atoms with Gasteiger partial charge in [0.15, 0.2) is 12.4 Å². The highest BCUT2D eigenvalue weighted by Gasteiger charge is 1.93. The molecule has 1 rings (SSSR count). The molecule has 1 heterocycles. The predicted octanol–water partition coefficient (Wildman–Crippen LogP) is 0.322. The van der Waals surface area contributed by atoms with Crippen molar-refractivity contribution in [2.24, 2.45) is 7.05 Å². The van der Waals surface area contributed by atoms with Gasteiger partial charge in [-0.15, -0.1) is 0 Å². The molecule has 4 nitrogen and oxygen atoms in total. The number of aryl methyl sites for hydroxylation is 1. The molecule has 0 radical (unpaired) electrons. The van der Waals surface area contributed by atoms with Crippen LogP contribution in [0.25, 0.3) is 0 Å². The summed E-state index contributed by atoms with van der Waals surface area (Å²) in [7, 11) is 1.79. The van der Waals surface area contributed by atoms with Crippen molar-refractivity contribution in [1.82, 2.24) is 9.78 Å². The highest BCUT2D eigenvalue weighted by Crippen LogP contribution is 2.05. The molecule has 0 saturated carbocycles. The Morgan fingerprint density at radius 1 is 1.90 bits per heavy atom. The Morgan fingerprint density at radius 3 is 3.20 bits per heavy atom. The van der Waals surface area contributed by atoms with Crippen molar-refractivity contribution in [3.8, 4) is 11.8 Å². The summed E-state index contributed by atoms with van der Waals surface area (Å²) in [5.41, 5.74) is 0. The van der Waals surface area contributed by atoms with Crippen LogP contribution in [0, 0.1) is 11.3 Å². The number of ether oxygens (including phenoxy) is 1. The molecule has 0 aromatic carbocycles. The second-order valence-electron chi connectivity index (χ2n) is 1.80. The minimum absolute atomic E-state index is 0.0751. The maximum absolute atomic E-state index is 8.13. The molecular weight excluding hydrogens is 130 g/mol. The van der Waals surface area contributed by atoms with E-state index in [0.29, 0.717) is 5.75 Å². The first-order chi connectivity index (χ1) is 4.83. The van der Waals surface area contributed by atoms with Gasteiger partial charge in [0.2, 0.25) is 0 Å². The van der Waals surface area contributed by atoms with Crippen LogP contribution < -0.4 is 4.74 Å². The average molecular weight is 137 g/mol. The molecule has 10 heavy (non-hydrogen) atoms. The zero-order valence-corrected chi connectivity index (χ0v) is 5.61. The summed E-state index contributed by atoms with van der Waals surface area (Å²) in [5, 5.41) is 12.0. The lowest BCUT2D eigenvalue weighted by atomic mass is 10.6. The molecule has 1 aromatic heterocycles. The van der Waals surface area contributed by atoms with E-state index >= 15 is 0 Å². The first-order valence-corrected chi connectivity index (χ1v) is 2.81. The monoisotopic (exact) mass is 137 g/mol. The number of hydrogen-bond donors (Lipinski definition) is 0. The average Bonchev–Trinajstić information content (AvgIpc) is 2.31. The SMILES string of the molecule is Cn1cc(OCC#N)cn1. The van der Waals surface area contributed by atoms with Crippen LogP contribution >= 0.6 is 0 Å². The number of hydrogen-bond acceptors (Lipinski definition) is 3. The Morgan fingerprint density at radius 2 is 2.70 bits per heavy atom. The Labute approximate surface area is 58.6 Å². The van der Waals surface area contributed by atoms with Gasteiger partial charge in [-0.3, -0.25) is 4.68 Å². The molecule has 0 N–H and O–H groups in total. The molecule has 0 saturated heterocycles. The van der Waals surface area contributed by atoms with Crippen LogP contribution in [0.3, 0.4) is 0 Å². The van der Waals surface area contributed by atoms with Gasteiger partial charge in [-0.25, -0.2) is 0 Å². The van der Waals surface area contributed by atoms with Crippen molar-refractivity contribution >= 4 is 0 Å². The summed E-state index contributed by atoms with van der Waals surface area (Å²) in [4.78, 5) is 0. The molecule has 0 bridgehead atoms.